The molecule has 0 saturated carbocycles. The fraction of sp³-hybridized carbons (Fsp3) is 0.421. The molecule has 2 aliphatic heterocycles. The topological polar surface area (TPSA) is 125 Å². The Kier molecular flexibility index (Phi) is 11.2. The highest BCUT2D eigenvalue weighted by molar-refractivity contribution is 6.39. The Hall–Kier alpha value is -4.07. The van der Waals surface area contributed by atoms with E-state index >= 15 is 4.39 Å². The highest BCUT2D eigenvalue weighted by atomic mass is 35.5. The highest BCUT2D eigenvalue weighted by Gasteiger charge is 2.32. The molecule has 0 spiro atoms. The van der Waals surface area contributed by atoms with E-state index in [1.807, 2.05) is 16.5 Å². The van der Waals surface area contributed by atoms with Gasteiger partial charge in [0.15, 0.2) is 5.82 Å². The van der Waals surface area contributed by atoms with Gasteiger partial charge < -0.3 is 29.9 Å². The Labute approximate surface area is 313 Å². The van der Waals surface area contributed by atoms with Gasteiger partial charge in [-0.25, -0.2) is 9.37 Å². The molecule has 2 aromatic carbocycles. The second kappa shape index (κ2) is 15.5. The van der Waals surface area contributed by atoms with Gasteiger partial charge in [0, 0.05) is 99.8 Å². The number of aromatic nitrogens is 3. The van der Waals surface area contributed by atoms with E-state index in [0.717, 1.165) is 50.3 Å². The SMILES string of the molecule is COc1cc(-c2nccc(-c3cccc(NC(=O)c4nc5c(n4C)CCN(C4CCN(C(C)=O)CC4)C5)c3Cl)c2Cl)cc(F)c1CNCC(C)(C)O. The van der Waals surface area contributed by atoms with E-state index in [-0.39, 0.29) is 29.0 Å². The van der Waals surface area contributed by atoms with Crippen LogP contribution in [0.5, 0.6) is 5.75 Å². The predicted molar refractivity (Wildman–Crippen MR) is 200 cm³/mol. The Balaban J connectivity index is 1.20. The summed E-state index contributed by atoms with van der Waals surface area (Å²) in [5.74, 6) is -0.186. The summed E-state index contributed by atoms with van der Waals surface area (Å²) in [6.45, 7) is 8.39. The van der Waals surface area contributed by atoms with Crippen molar-refractivity contribution in [1.29, 1.82) is 0 Å². The summed E-state index contributed by atoms with van der Waals surface area (Å²) < 4.78 is 22.8. The lowest BCUT2D eigenvalue weighted by Crippen LogP contribution is -2.47. The van der Waals surface area contributed by atoms with Crippen molar-refractivity contribution >= 4 is 40.7 Å². The zero-order valence-electron chi connectivity index (χ0n) is 30.0. The lowest BCUT2D eigenvalue weighted by molar-refractivity contribution is -0.130. The number of anilines is 1. The summed E-state index contributed by atoms with van der Waals surface area (Å²) >= 11 is 13.9. The van der Waals surface area contributed by atoms with Crippen molar-refractivity contribution in [2.75, 3.05) is 38.6 Å². The molecule has 0 atom stereocenters. The summed E-state index contributed by atoms with van der Waals surface area (Å²) in [6, 6.07) is 10.4. The highest BCUT2D eigenvalue weighted by Crippen LogP contribution is 2.41. The number of piperidine rings is 1. The molecule has 0 aliphatic carbocycles. The molecule has 3 N–H and O–H groups in total. The van der Waals surface area contributed by atoms with Gasteiger partial charge in [0.25, 0.3) is 5.91 Å². The molecule has 1 saturated heterocycles. The zero-order valence-corrected chi connectivity index (χ0v) is 31.5. The Morgan fingerprint density at radius 2 is 1.83 bits per heavy atom. The molecule has 6 rings (SSSR count). The third-order valence-electron chi connectivity index (χ3n) is 9.85. The van der Waals surface area contributed by atoms with E-state index < -0.39 is 17.3 Å². The van der Waals surface area contributed by atoms with E-state index in [1.54, 1.807) is 57.3 Å². The maximum absolute atomic E-state index is 15.4. The monoisotopic (exact) mass is 751 g/mol. The summed E-state index contributed by atoms with van der Waals surface area (Å²) in [5.41, 5.74) is 3.49. The van der Waals surface area contributed by atoms with Crippen molar-refractivity contribution in [1.82, 2.24) is 29.7 Å². The molecule has 2 aliphatic rings. The number of amides is 2. The van der Waals surface area contributed by atoms with Crippen LogP contribution in [0.1, 0.15) is 61.2 Å². The van der Waals surface area contributed by atoms with Crippen molar-refractivity contribution in [2.45, 2.75) is 64.8 Å². The van der Waals surface area contributed by atoms with Gasteiger partial charge in [0.1, 0.15) is 11.6 Å². The number of nitrogens with zero attached hydrogens (tertiary/aromatic N) is 5. The standard InChI is InChI=1S/C38H44Cl2FN7O4/c1-22(49)47-14-10-24(11-15-47)48-16-12-31-30(20-48)44-36(46(31)4)37(50)45-29-8-6-7-25(33(29)39)26-9-13-43-35(34(26)40)23-17-28(41)27(32(18-23)52-5)19-42-21-38(2,3)51/h6-9,13,17-18,24,42,51H,10-12,14-16,19-21H2,1-5H3,(H,45,50). The molecule has 4 aromatic rings. The fourth-order valence-corrected chi connectivity index (χ4v) is 7.67. The second-order valence-electron chi connectivity index (χ2n) is 14.0. The first kappa shape index (κ1) is 37.7. The number of carbonyl (C=O) groups excluding carboxylic acids is 2. The Morgan fingerprint density at radius 1 is 1.10 bits per heavy atom. The number of hydrogen-bond donors (Lipinski definition) is 3. The van der Waals surface area contributed by atoms with E-state index in [1.165, 1.54) is 13.2 Å². The number of ether oxygens (including phenoxy) is 1. The molecule has 4 heterocycles. The minimum atomic E-state index is -0.958. The summed E-state index contributed by atoms with van der Waals surface area (Å²) in [6.07, 6.45) is 4.19. The van der Waals surface area contributed by atoms with E-state index in [2.05, 4.69) is 20.5 Å². The van der Waals surface area contributed by atoms with Gasteiger partial charge in [-0.2, -0.15) is 0 Å². The van der Waals surface area contributed by atoms with Gasteiger partial charge in [0.05, 0.1) is 39.8 Å². The minimum Gasteiger partial charge on any atom is -0.496 e. The third kappa shape index (κ3) is 7.96. The van der Waals surface area contributed by atoms with Gasteiger partial charge >= 0.3 is 0 Å². The molecule has 0 bridgehead atoms. The molecule has 0 unspecified atom stereocenters. The molecular formula is C38H44Cl2FN7O4. The first-order chi connectivity index (χ1) is 24.8. The van der Waals surface area contributed by atoms with Crippen molar-refractivity contribution < 1.29 is 23.8 Å². The molecule has 2 aromatic heterocycles. The average Bonchev–Trinajstić information content (AvgIpc) is 3.45. The van der Waals surface area contributed by atoms with E-state index in [0.29, 0.717) is 57.8 Å². The maximum atomic E-state index is 15.4. The number of likely N-dealkylation sites (tertiary alicyclic amines) is 1. The van der Waals surface area contributed by atoms with Crippen LogP contribution in [0.2, 0.25) is 10.0 Å². The number of imidazole rings is 1. The van der Waals surface area contributed by atoms with Crippen LogP contribution in [0, 0.1) is 5.82 Å². The number of nitrogens with one attached hydrogen (secondary N) is 2. The second-order valence-corrected chi connectivity index (χ2v) is 14.8. The third-order valence-corrected chi connectivity index (χ3v) is 10.6. The number of carbonyl (C=O) groups is 2. The van der Waals surface area contributed by atoms with Crippen molar-refractivity contribution in [3.63, 3.8) is 0 Å². The number of fused-ring (bicyclic) bond motifs is 1. The van der Waals surface area contributed by atoms with Gasteiger partial charge in [-0.15, -0.1) is 0 Å². The number of rotatable bonds is 10. The Morgan fingerprint density at radius 3 is 2.52 bits per heavy atom. The van der Waals surface area contributed by atoms with Gasteiger partial charge in [-0.05, 0) is 51.0 Å². The fourth-order valence-electron chi connectivity index (χ4n) is 7.07. The molecule has 0 radical (unpaired) electrons. The van der Waals surface area contributed by atoms with Crippen molar-refractivity contribution in [3.05, 3.63) is 81.2 Å². The van der Waals surface area contributed by atoms with Gasteiger partial charge in [-0.3, -0.25) is 19.5 Å². The molecule has 2 amide bonds. The maximum Gasteiger partial charge on any atom is 0.291 e. The molecule has 276 valence electrons. The molecule has 11 nitrogen and oxygen atoms in total. The molecule has 14 heteroatoms. The average molecular weight is 753 g/mol. The first-order valence-electron chi connectivity index (χ1n) is 17.3. The quantitative estimate of drug-likeness (QED) is 0.178. The summed E-state index contributed by atoms with van der Waals surface area (Å²) in [4.78, 5) is 39.0. The van der Waals surface area contributed by atoms with Crippen LogP contribution in [-0.2, 0) is 31.4 Å². The first-order valence-corrected chi connectivity index (χ1v) is 18.1. The summed E-state index contributed by atoms with van der Waals surface area (Å²) in [5, 5.41) is 16.5. The van der Waals surface area contributed by atoms with Crippen molar-refractivity contribution in [3.8, 4) is 28.1 Å². The van der Waals surface area contributed by atoms with Crippen LogP contribution in [0.15, 0.2) is 42.6 Å². The number of aliphatic hydroxyl groups is 1. The normalized spacial score (nSPS) is 15.4. The lowest BCUT2D eigenvalue weighted by Gasteiger charge is -2.39. The number of methoxy groups -OCH3 is 1. The predicted octanol–water partition coefficient (Wildman–Crippen LogP) is 6.09. The molecule has 52 heavy (non-hydrogen) atoms. The largest absolute Gasteiger partial charge is 0.496 e. The van der Waals surface area contributed by atoms with Gasteiger partial charge in [0.2, 0.25) is 5.91 Å². The van der Waals surface area contributed by atoms with Crippen LogP contribution < -0.4 is 15.4 Å². The van der Waals surface area contributed by atoms with Crippen LogP contribution in [0.3, 0.4) is 0 Å². The smallest absolute Gasteiger partial charge is 0.291 e. The zero-order chi connectivity index (χ0) is 37.3. The van der Waals surface area contributed by atoms with Crippen LogP contribution in [0.25, 0.3) is 22.4 Å². The number of pyridine rings is 1. The van der Waals surface area contributed by atoms with Crippen LogP contribution >= 0.6 is 23.2 Å². The number of benzene rings is 2. The van der Waals surface area contributed by atoms with Crippen molar-refractivity contribution in [2.24, 2.45) is 7.05 Å². The molecule has 1 fully saturated rings. The van der Waals surface area contributed by atoms with Gasteiger partial charge in [-0.1, -0.05) is 35.3 Å². The minimum absolute atomic E-state index is 0.118. The van der Waals surface area contributed by atoms with E-state index in [4.69, 9.17) is 32.9 Å². The number of halogens is 3. The lowest BCUT2D eigenvalue weighted by atomic mass is 10.00. The number of hydrogen-bond acceptors (Lipinski definition) is 8. The van der Waals surface area contributed by atoms with Crippen LogP contribution in [0.4, 0.5) is 10.1 Å². The molecular weight excluding hydrogens is 708 g/mol. The van der Waals surface area contributed by atoms with Crippen LogP contribution in [-0.4, -0.2) is 86.2 Å². The van der Waals surface area contributed by atoms with E-state index in [9.17, 15) is 14.7 Å². The summed E-state index contributed by atoms with van der Waals surface area (Å²) in [7, 11) is 3.31. The Bertz CT molecular complexity index is 1990.